The Bertz CT molecular complexity index is 204. The number of rotatable bonds is 2. The van der Waals surface area contributed by atoms with Gasteiger partial charge in [0.2, 0.25) is 0 Å². The largest absolute Gasteiger partial charge is 0.268 e. The molecule has 0 aromatic carbocycles. The monoisotopic (exact) mass is 154 g/mol. The number of nitrogens with zero attached hydrogens (tertiary/aromatic N) is 2. The van der Waals surface area contributed by atoms with Crippen LogP contribution in [0.4, 0.5) is 0 Å². The maximum atomic E-state index is 11.0. The third-order valence-electron chi connectivity index (χ3n) is 1.59. The van der Waals surface area contributed by atoms with Crippen molar-refractivity contribution >= 4 is 11.8 Å². The first-order chi connectivity index (χ1) is 5.16. The summed E-state index contributed by atoms with van der Waals surface area (Å²) in [7, 11) is 1.70. The first kappa shape index (κ1) is 7.94. The van der Waals surface area contributed by atoms with E-state index in [-0.39, 0.29) is 11.8 Å². The summed E-state index contributed by atoms with van der Waals surface area (Å²) in [6, 6.07) is 0. The van der Waals surface area contributed by atoms with Gasteiger partial charge in [0, 0.05) is 25.7 Å². The number of carbonyl (C=O) groups is 2. The molecule has 1 aliphatic heterocycles. The van der Waals surface area contributed by atoms with E-state index in [2.05, 4.69) is 0 Å². The molecule has 0 unspecified atom stereocenters. The van der Waals surface area contributed by atoms with Gasteiger partial charge in [-0.3, -0.25) is 9.59 Å². The Balaban J connectivity index is 2.73. The third-order valence-corrected chi connectivity index (χ3v) is 1.59. The molecule has 60 valence electrons. The summed E-state index contributed by atoms with van der Waals surface area (Å²) in [5.74, 6) is -0.529. The molecule has 0 bridgehead atoms. The van der Waals surface area contributed by atoms with E-state index in [1.54, 1.807) is 12.1 Å². The van der Waals surface area contributed by atoms with Gasteiger partial charge in [-0.1, -0.05) is 6.92 Å². The summed E-state index contributed by atoms with van der Waals surface area (Å²) < 4.78 is 0. The predicted octanol–water partition coefficient (Wildman–Crippen LogP) is -0.222. The van der Waals surface area contributed by atoms with Crippen LogP contribution in [0.1, 0.15) is 6.92 Å². The highest BCUT2D eigenvalue weighted by molar-refractivity contribution is 6.12. The second kappa shape index (κ2) is 2.84. The average molecular weight is 154 g/mol. The summed E-state index contributed by atoms with van der Waals surface area (Å²) in [4.78, 5) is 21.9. The molecule has 11 heavy (non-hydrogen) atoms. The van der Waals surface area contributed by atoms with E-state index in [0.717, 1.165) is 5.01 Å². The molecule has 0 spiro atoms. The van der Waals surface area contributed by atoms with Gasteiger partial charge < -0.3 is 0 Å². The van der Waals surface area contributed by atoms with Crippen LogP contribution in [-0.4, -0.2) is 35.4 Å². The molecule has 1 heterocycles. The highest BCUT2D eigenvalue weighted by atomic mass is 16.2. The van der Waals surface area contributed by atoms with Crippen molar-refractivity contribution in [2.24, 2.45) is 0 Å². The second-order valence-corrected chi connectivity index (χ2v) is 2.30. The van der Waals surface area contributed by atoms with Gasteiger partial charge in [-0.15, -0.1) is 0 Å². The molecule has 0 saturated heterocycles. The molecule has 0 saturated carbocycles. The molecule has 0 N–H and O–H groups in total. The molecule has 0 aromatic rings. The first-order valence-electron chi connectivity index (χ1n) is 3.44. The number of imide groups is 1. The Kier molecular flexibility index (Phi) is 2.05. The van der Waals surface area contributed by atoms with Crippen molar-refractivity contribution < 1.29 is 9.59 Å². The molecule has 0 fully saturated rings. The van der Waals surface area contributed by atoms with Gasteiger partial charge in [-0.05, 0) is 0 Å². The number of carbonyl (C=O) groups excluding carboxylic acids is 2. The van der Waals surface area contributed by atoms with Gasteiger partial charge in [0.05, 0.1) is 0 Å². The van der Waals surface area contributed by atoms with Gasteiger partial charge in [-0.2, -0.15) is 0 Å². The molecule has 1 aliphatic rings. The van der Waals surface area contributed by atoms with Crippen molar-refractivity contribution in [2.45, 2.75) is 6.92 Å². The second-order valence-electron chi connectivity index (χ2n) is 2.30. The molecular formula is C7H10N2O2. The van der Waals surface area contributed by atoms with E-state index >= 15 is 0 Å². The molecule has 0 atom stereocenters. The van der Waals surface area contributed by atoms with Crippen LogP contribution in [0.25, 0.3) is 0 Å². The van der Waals surface area contributed by atoms with Crippen molar-refractivity contribution in [1.29, 1.82) is 0 Å². The van der Waals surface area contributed by atoms with Crippen LogP contribution >= 0.6 is 0 Å². The lowest BCUT2D eigenvalue weighted by Gasteiger charge is -2.23. The maximum Gasteiger partial charge on any atom is 0.268 e. The van der Waals surface area contributed by atoms with E-state index in [0.29, 0.717) is 6.54 Å². The molecule has 1 rings (SSSR count). The molecule has 2 amide bonds. The summed E-state index contributed by atoms with van der Waals surface area (Å²) in [5.41, 5.74) is 0. The van der Waals surface area contributed by atoms with Crippen molar-refractivity contribution in [1.82, 2.24) is 10.0 Å². The lowest BCUT2D eigenvalue weighted by molar-refractivity contribution is -0.152. The Labute approximate surface area is 65.0 Å². The number of amides is 2. The molecule has 0 aliphatic carbocycles. The van der Waals surface area contributed by atoms with Crippen molar-refractivity contribution in [3.05, 3.63) is 12.2 Å². The Morgan fingerprint density at radius 1 is 1.36 bits per heavy atom. The van der Waals surface area contributed by atoms with Gasteiger partial charge in [0.25, 0.3) is 11.8 Å². The van der Waals surface area contributed by atoms with E-state index in [1.165, 1.54) is 12.2 Å². The lowest BCUT2D eigenvalue weighted by atomic mass is 10.6. The van der Waals surface area contributed by atoms with Crippen molar-refractivity contribution in [3.63, 3.8) is 0 Å². The zero-order chi connectivity index (χ0) is 8.43. The van der Waals surface area contributed by atoms with E-state index < -0.39 is 0 Å². The minimum atomic E-state index is -0.264. The summed E-state index contributed by atoms with van der Waals surface area (Å²) in [5, 5.41) is 2.69. The fourth-order valence-corrected chi connectivity index (χ4v) is 0.870. The zero-order valence-electron chi connectivity index (χ0n) is 6.57. The zero-order valence-corrected chi connectivity index (χ0v) is 6.57. The standard InChI is InChI=1S/C7H10N2O2/c1-3-8(2)9-6(10)4-5-7(9)11/h4-5H,3H2,1-2H3. The van der Waals surface area contributed by atoms with E-state index in [1.807, 2.05) is 6.92 Å². The summed E-state index contributed by atoms with van der Waals surface area (Å²) in [6.45, 7) is 2.51. The van der Waals surface area contributed by atoms with Crippen molar-refractivity contribution in [3.8, 4) is 0 Å². The van der Waals surface area contributed by atoms with Gasteiger partial charge >= 0.3 is 0 Å². The minimum Gasteiger partial charge on any atom is -0.268 e. The highest BCUT2D eigenvalue weighted by Crippen LogP contribution is 2.05. The Hall–Kier alpha value is -1.16. The van der Waals surface area contributed by atoms with Crippen LogP contribution in [0, 0.1) is 0 Å². The fraction of sp³-hybridized carbons (Fsp3) is 0.429. The smallest absolute Gasteiger partial charge is 0.268 e. The van der Waals surface area contributed by atoms with Crippen LogP contribution in [0.2, 0.25) is 0 Å². The quantitative estimate of drug-likeness (QED) is 0.516. The molecule has 4 heteroatoms. The SMILES string of the molecule is CCN(C)N1C(=O)C=CC1=O. The van der Waals surface area contributed by atoms with Crippen LogP contribution in [0.3, 0.4) is 0 Å². The normalized spacial score (nSPS) is 17.2. The molecule has 0 radical (unpaired) electrons. The first-order valence-corrected chi connectivity index (χ1v) is 3.44. The number of hydrogen-bond acceptors (Lipinski definition) is 3. The van der Waals surface area contributed by atoms with Crippen LogP contribution in [0.15, 0.2) is 12.2 Å². The van der Waals surface area contributed by atoms with Crippen LogP contribution < -0.4 is 0 Å². The summed E-state index contributed by atoms with van der Waals surface area (Å²) >= 11 is 0. The number of hydrazine groups is 1. The summed E-state index contributed by atoms with van der Waals surface area (Å²) in [6.07, 6.45) is 2.54. The Morgan fingerprint density at radius 3 is 2.18 bits per heavy atom. The van der Waals surface area contributed by atoms with Crippen molar-refractivity contribution in [2.75, 3.05) is 13.6 Å². The van der Waals surface area contributed by atoms with Crippen LogP contribution in [-0.2, 0) is 9.59 Å². The topological polar surface area (TPSA) is 40.6 Å². The molecule has 0 aromatic heterocycles. The van der Waals surface area contributed by atoms with Gasteiger partial charge in [0.15, 0.2) is 0 Å². The third kappa shape index (κ3) is 1.30. The average Bonchev–Trinajstić information content (AvgIpc) is 2.30. The molecule has 4 nitrogen and oxygen atoms in total. The van der Waals surface area contributed by atoms with Crippen LogP contribution in [0.5, 0.6) is 0 Å². The fourth-order valence-electron chi connectivity index (χ4n) is 0.870. The Morgan fingerprint density at radius 2 is 1.82 bits per heavy atom. The minimum absolute atomic E-state index is 0.264. The van der Waals surface area contributed by atoms with E-state index in [4.69, 9.17) is 0 Å². The highest BCUT2D eigenvalue weighted by Gasteiger charge is 2.26. The molecular weight excluding hydrogens is 144 g/mol. The lowest BCUT2D eigenvalue weighted by Crippen LogP contribution is -2.43. The van der Waals surface area contributed by atoms with E-state index in [9.17, 15) is 9.59 Å². The number of hydrogen-bond donors (Lipinski definition) is 0. The van der Waals surface area contributed by atoms with Gasteiger partial charge in [0.1, 0.15) is 0 Å². The maximum absolute atomic E-state index is 11.0. The predicted molar refractivity (Wildman–Crippen MR) is 39.3 cm³/mol. The van der Waals surface area contributed by atoms with Gasteiger partial charge in [-0.25, -0.2) is 10.0 Å².